The molecular weight excluding hydrogens is 254 g/mol. The van der Waals surface area contributed by atoms with Crippen LogP contribution in [0.15, 0.2) is 18.2 Å². The molecule has 0 aliphatic carbocycles. The number of nitrogens with one attached hydrogen (secondary N) is 1. The van der Waals surface area contributed by atoms with E-state index in [2.05, 4.69) is 38.0 Å². The molecule has 1 aromatic rings. The van der Waals surface area contributed by atoms with Crippen LogP contribution in [0.1, 0.15) is 33.3 Å². The Morgan fingerprint density at radius 3 is 2.50 bits per heavy atom. The first kappa shape index (κ1) is 16.4. The SMILES string of the molecule is CCNc1c(CN(C)C(C)C(C)C)cccc1[N+](=O)[O-]. The van der Waals surface area contributed by atoms with Crippen molar-refractivity contribution in [2.45, 2.75) is 40.3 Å². The third-order valence-electron chi connectivity index (χ3n) is 3.76. The van der Waals surface area contributed by atoms with Crippen molar-refractivity contribution in [2.24, 2.45) is 5.92 Å². The highest BCUT2D eigenvalue weighted by Gasteiger charge is 2.20. The van der Waals surface area contributed by atoms with E-state index in [1.807, 2.05) is 13.0 Å². The van der Waals surface area contributed by atoms with Gasteiger partial charge in [-0.2, -0.15) is 0 Å². The van der Waals surface area contributed by atoms with Crippen molar-refractivity contribution in [3.05, 3.63) is 33.9 Å². The number of nitrogens with zero attached hydrogens (tertiary/aromatic N) is 2. The van der Waals surface area contributed by atoms with Crippen molar-refractivity contribution in [3.8, 4) is 0 Å². The summed E-state index contributed by atoms with van der Waals surface area (Å²) in [6.45, 7) is 9.85. The zero-order chi connectivity index (χ0) is 15.3. The molecule has 0 spiro atoms. The highest BCUT2D eigenvalue weighted by molar-refractivity contribution is 5.66. The number of para-hydroxylation sites is 1. The molecule has 1 aromatic carbocycles. The minimum atomic E-state index is -0.326. The number of rotatable bonds is 7. The smallest absolute Gasteiger partial charge is 0.292 e. The third kappa shape index (κ3) is 3.93. The van der Waals surface area contributed by atoms with Crippen LogP contribution < -0.4 is 5.32 Å². The molecule has 5 heteroatoms. The van der Waals surface area contributed by atoms with Gasteiger partial charge in [-0.3, -0.25) is 15.0 Å². The molecule has 112 valence electrons. The van der Waals surface area contributed by atoms with Gasteiger partial charge in [0.15, 0.2) is 0 Å². The van der Waals surface area contributed by atoms with Crippen molar-refractivity contribution in [3.63, 3.8) is 0 Å². The van der Waals surface area contributed by atoms with Crippen LogP contribution in [-0.4, -0.2) is 29.5 Å². The number of nitro benzene ring substituents is 1. The minimum absolute atomic E-state index is 0.148. The average Bonchev–Trinajstić information content (AvgIpc) is 2.39. The monoisotopic (exact) mass is 279 g/mol. The lowest BCUT2D eigenvalue weighted by Crippen LogP contribution is -2.33. The zero-order valence-electron chi connectivity index (χ0n) is 13.0. The Kier molecular flexibility index (Phi) is 5.95. The van der Waals surface area contributed by atoms with Crippen LogP contribution in [0.25, 0.3) is 0 Å². The number of hydrogen-bond donors (Lipinski definition) is 1. The summed E-state index contributed by atoms with van der Waals surface area (Å²) in [5.74, 6) is 0.543. The molecule has 0 aromatic heterocycles. The third-order valence-corrected chi connectivity index (χ3v) is 3.76. The summed E-state index contributed by atoms with van der Waals surface area (Å²) in [5.41, 5.74) is 1.76. The summed E-state index contributed by atoms with van der Waals surface area (Å²) < 4.78 is 0. The van der Waals surface area contributed by atoms with E-state index in [1.54, 1.807) is 12.1 Å². The van der Waals surface area contributed by atoms with E-state index in [4.69, 9.17) is 0 Å². The normalized spacial score (nSPS) is 12.8. The van der Waals surface area contributed by atoms with Crippen molar-refractivity contribution in [2.75, 3.05) is 18.9 Å². The van der Waals surface area contributed by atoms with Gasteiger partial charge in [0.05, 0.1) is 4.92 Å². The first-order valence-corrected chi connectivity index (χ1v) is 7.08. The average molecular weight is 279 g/mol. The molecule has 0 aliphatic heterocycles. The fourth-order valence-electron chi connectivity index (χ4n) is 2.17. The second-order valence-electron chi connectivity index (χ2n) is 5.50. The van der Waals surface area contributed by atoms with E-state index in [1.165, 1.54) is 0 Å². The maximum Gasteiger partial charge on any atom is 0.292 e. The minimum Gasteiger partial charge on any atom is -0.380 e. The van der Waals surface area contributed by atoms with Gasteiger partial charge in [0, 0.05) is 25.2 Å². The lowest BCUT2D eigenvalue weighted by Gasteiger charge is -2.28. The zero-order valence-corrected chi connectivity index (χ0v) is 13.0. The van der Waals surface area contributed by atoms with Crippen LogP contribution in [0.5, 0.6) is 0 Å². The lowest BCUT2D eigenvalue weighted by molar-refractivity contribution is -0.384. The number of hydrogen-bond acceptors (Lipinski definition) is 4. The largest absolute Gasteiger partial charge is 0.380 e. The standard InChI is InChI=1S/C15H25N3O2/c1-6-16-15-13(8-7-9-14(15)18(19)20)10-17(5)12(4)11(2)3/h7-9,11-12,16H,6,10H2,1-5H3. The van der Waals surface area contributed by atoms with Crippen LogP contribution in [-0.2, 0) is 6.54 Å². The van der Waals surface area contributed by atoms with E-state index in [0.29, 0.717) is 30.7 Å². The van der Waals surface area contributed by atoms with Gasteiger partial charge in [-0.1, -0.05) is 26.0 Å². The van der Waals surface area contributed by atoms with Gasteiger partial charge in [0.25, 0.3) is 5.69 Å². The summed E-state index contributed by atoms with van der Waals surface area (Å²) in [6.07, 6.45) is 0. The van der Waals surface area contributed by atoms with E-state index < -0.39 is 0 Å². The Bertz CT molecular complexity index is 460. The molecular formula is C15H25N3O2. The quantitative estimate of drug-likeness (QED) is 0.613. The maximum absolute atomic E-state index is 11.1. The summed E-state index contributed by atoms with van der Waals surface area (Å²) in [5, 5.41) is 14.3. The molecule has 1 N–H and O–H groups in total. The Balaban J connectivity index is 3.05. The van der Waals surface area contributed by atoms with Crippen molar-refractivity contribution < 1.29 is 4.92 Å². The molecule has 0 radical (unpaired) electrons. The van der Waals surface area contributed by atoms with Crippen LogP contribution in [0.2, 0.25) is 0 Å². The topological polar surface area (TPSA) is 58.4 Å². The van der Waals surface area contributed by atoms with Gasteiger partial charge in [0.2, 0.25) is 0 Å². The second kappa shape index (κ2) is 7.24. The lowest BCUT2D eigenvalue weighted by atomic mass is 10.0. The fraction of sp³-hybridized carbons (Fsp3) is 0.600. The van der Waals surface area contributed by atoms with Gasteiger partial charge in [0.1, 0.15) is 5.69 Å². The van der Waals surface area contributed by atoms with Crippen LogP contribution >= 0.6 is 0 Å². The van der Waals surface area contributed by atoms with Crippen molar-refractivity contribution in [1.82, 2.24) is 4.90 Å². The van der Waals surface area contributed by atoms with Crippen molar-refractivity contribution >= 4 is 11.4 Å². The molecule has 20 heavy (non-hydrogen) atoms. The molecule has 0 amide bonds. The molecule has 0 saturated carbocycles. The van der Waals surface area contributed by atoms with E-state index in [9.17, 15) is 10.1 Å². The molecule has 0 bridgehead atoms. The predicted octanol–water partition coefficient (Wildman–Crippen LogP) is 3.50. The van der Waals surface area contributed by atoms with Crippen LogP contribution in [0.3, 0.4) is 0 Å². The molecule has 0 heterocycles. The first-order valence-electron chi connectivity index (χ1n) is 7.08. The van der Waals surface area contributed by atoms with Gasteiger partial charge >= 0.3 is 0 Å². The summed E-state index contributed by atoms with van der Waals surface area (Å²) >= 11 is 0. The van der Waals surface area contributed by atoms with E-state index >= 15 is 0 Å². The van der Waals surface area contributed by atoms with Crippen LogP contribution in [0.4, 0.5) is 11.4 Å². The molecule has 1 atom stereocenters. The molecule has 0 aliphatic rings. The summed E-state index contributed by atoms with van der Waals surface area (Å²) in [7, 11) is 2.05. The Morgan fingerprint density at radius 1 is 1.35 bits per heavy atom. The Hall–Kier alpha value is -1.62. The molecule has 0 saturated heterocycles. The molecule has 1 rings (SSSR count). The summed E-state index contributed by atoms with van der Waals surface area (Å²) in [4.78, 5) is 13.0. The highest BCUT2D eigenvalue weighted by Crippen LogP contribution is 2.29. The maximum atomic E-state index is 11.1. The van der Waals surface area contributed by atoms with E-state index in [0.717, 1.165) is 5.56 Å². The fourth-order valence-corrected chi connectivity index (χ4v) is 2.17. The number of benzene rings is 1. The Labute approximate surface area is 121 Å². The van der Waals surface area contributed by atoms with Gasteiger partial charge < -0.3 is 5.32 Å². The van der Waals surface area contributed by atoms with Crippen LogP contribution in [0, 0.1) is 16.0 Å². The molecule has 5 nitrogen and oxygen atoms in total. The first-order chi connectivity index (χ1) is 9.38. The predicted molar refractivity (Wildman–Crippen MR) is 83.0 cm³/mol. The van der Waals surface area contributed by atoms with Gasteiger partial charge in [-0.25, -0.2) is 0 Å². The summed E-state index contributed by atoms with van der Waals surface area (Å²) in [6, 6.07) is 5.67. The van der Waals surface area contributed by atoms with E-state index in [-0.39, 0.29) is 10.6 Å². The number of nitro groups is 1. The molecule has 1 unspecified atom stereocenters. The van der Waals surface area contributed by atoms with Gasteiger partial charge in [-0.05, 0) is 32.4 Å². The second-order valence-corrected chi connectivity index (χ2v) is 5.50. The highest BCUT2D eigenvalue weighted by atomic mass is 16.6. The van der Waals surface area contributed by atoms with Gasteiger partial charge in [-0.15, -0.1) is 0 Å². The number of anilines is 1. The van der Waals surface area contributed by atoms with Crippen molar-refractivity contribution in [1.29, 1.82) is 0 Å². The molecule has 0 fully saturated rings. The Morgan fingerprint density at radius 2 is 2.00 bits per heavy atom.